The second kappa shape index (κ2) is 14.0. The molecular formula is C34H33ClF3N5O4. The lowest BCUT2D eigenvalue weighted by molar-refractivity contribution is -0.141. The average molecular weight is 668 g/mol. The van der Waals surface area contributed by atoms with Crippen molar-refractivity contribution in [1.82, 2.24) is 14.9 Å². The molecule has 0 atom stereocenters. The second-order valence-corrected chi connectivity index (χ2v) is 12.0. The first-order chi connectivity index (χ1) is 22.7. The Morgan fingerprint density at radius 3 is 2.34 bits per heavy atom. The molecule has 0 saturated carbocycles. The molecule has 2 aromatic heterocycles. The molecule has 13 heteroatoms. The van der Waals surface area contributed by atoms with Crippen molar-refractivity contribution in [2.75, 3.05) is 49.1 Å². The number of Topliss-reactive ketones (excluding diaryl/α,β-unsaturated/α-hetero) is 1. The fourth-order valence-corrected chi connectivity index (χ4v) is 6.12. The maximum atomic E-state index is 14.0. The second-order valence-electron chi connectivity index (χ2n) is 11.6. The largest absolute Gasteiger partial charge is 0.437 e. The van der Waals surface area contributed by atoms with Crippen LogP contribution in [0.3, 0.4) is 0 Å². The third-order valence-electron chi connectivity index (χ3n) is 8.46. The lowest BCUT2D eigenvalue weighted by atomic mass is 9.90. The van der Waals surface area contributed by atoms with Crippen molar-refractivity contribution >= 4 is 35.3 Å². The molecule has 1 amide bonds. The summed E-state index contributed by atoms with van der Waals surface area (Å²) >= 11 is 6.11. The Morgan fingerprint density at radius 1 is 0.894 bits per heavy atom. The smallest absolute Gasteiger partial charge is 0.420 e. The van der Waals surface area contributed by atoms with Crippen molar-refractivity contribution in [3.05, 3.63) is 101 Å². The molecule has 2 aromatic carbocycles. The van der Waals surface area contributed by atoms with E-state index in [0.29, 0.717) is 73.8 Å². The van der Waals surface area contributed by atoms with Crippen LogP contribution in [0.25, 0.3) is 0 Å². The highest BCUT2D eigenvalue weighted by atomic mass is 35.5. The third-order valence-corrected chi connectivity index (χ3v) is 8.77. The number of nitrogens with zero attached hydrogens (tertiary/aromatic N) is 5. The van der Waals surface area contributed by atoms with Crippen molar-refractivity contribution in [2.45, 2.75) is 37.8 Å². The van der Waals surface area contributed by atoms with E-state index in [1.54, 1.807) is 46.2 Å². The summed E-state index contributed by atoms with van der Waals surface area (Å²) in [6, 6.07) is 19.9. The van der Waals surface area contributed by atoms with Gasteiger partial charge in [-0.15, -0.1) is 0 Å². The van der Waals surface area contributed by atoms with E-state index in [0.717, 1.165) is 12.8 Å². The number of anilines is 2. The van der Waals surface area contributed by atoms with Crippen LogP contribution in [0.1, 0.15) is 52.6 Å². The highest BCUT2D eigenvalue weighted by Crippen LogP contribution is 2.37. The lowest BCUT2D eigenvalue weighted by Crippen LogP contribution is -2.37. The van der Waals surface area contributed by atoms with E-state index in [4.69, 9.17) is 20.8 Å². The first kappa shape index (κ1) is 32.4. The molecule has 4 aromatic rings. The Labute approximate surface area is 274 Å². The monoisotopic (exact) mass is 667 g/mol. The molecule has 0 spiro atoms. The van der Waals surface area contributed by atoms with Crippen molar-refractivity contribution in [3.8, 4) is 5.75 Å². The van der Waals surface area contributed by atoms with Crippen LogP contribution in [0.4, 0.5) is 29.8 Å². The zero-order valence-electron chi connectivity index (χ0n) is 25.5. The number of carbonyl (C=O) groups excluding carboxylic acids is 2. The molecule has 6 rings (SSSR count). The summed E-state index contributed by atoms with van der Waals surface area (Å²) in [6.45, 7) is 2.92. The summed E-state index contributed by atoms with van der Waals surface area (Å²) in [7, 11) is 0. The fraction of sp³-hybridized carbons (Fsp3) is 0.353. The van der Waals surface area contributed by atoms with Crippen LogP contribution in [0.15, 0.2) is 77.3 Å². The van der Waals surface area contributed by atoms with Gasteiger partial charge in [0.15, 0.2) is 11.4 Å². The number of piperidine rings is 1. The van der Waals surface area contributed by atoms with E-state index in [9.17, 15) is 22.8 Å². The number of amides is 1. The van der Waals surface area contributed by atoms with Gasteiger partial charge in [-0.3, -0.25) is 4.79 Å². The minimum absolute atomic E-state index is 0.188. The minimum atomic E-state index is -4.85. The molecule has 47 heavy (non-hydrogen) atoms. The average Bonchev–Trinajstić information content (AvgIpc) is 3.40. The summed E-state index contributed by atoms with van der Waals surface area (Å²) in [4.78, 5) is 39.3. The van der Waals surface area contributed by atoms with Crippen LogP contribution >= 0.6 is 11.6 Å². The van der Waals surface area contributed by atoms with Gasteiger partial charge in [0, 0.05) is 51.9 Å². The van der Waals surface area contributed by atoms with Gasteiger partial charge in [-0.1, -0.05) is 60.1 Å². The van der Waals surface area contributed by atoms with Crippen LogP contribution in [0, 0.1) is 0 Å². The molecule has 2 aliphatic heterocycles. The van der Waals surface area contributed by atoms with Gasteiger partial charge in [-0.25, -0.2) is 9.78 Å². The van der Waals surface area contributed by atoms with Crippen LogP contribution in [0.5, 0.6) is 5.75 Å². The highest BCUT2D eigenvalue weighted by molar-refractivity contribution is 6.32. The summed E-state index contributed by atoms with van der Waals surface area (Å²) in [5.74, 6) is -0.408. The number of oxazole rings is 1. The van der Waals surface area contributed by atoms with Crippen LogP contribution in [-0.4, -0.2) is 66.0 Å². The number of ketones is 1. The number of hydrogen-bond donors (Lipinski definition) is 0. The van der Waals surface area contributed by atoms with Gasteiger partial charge in [0.05, 0.1) is 5.02 Å². The number of aromatic nitrogens is 2. The Kier molecular flexibility index (Phi) is 9.67. The lowest BCUT2D eigenvalue weighted by Gasteiger charge is -2.31. The molecule has 2 fully saturated rings. The van der Waals surface area contributed by atoms with E-state index in [-0.39, 0.29) is 12.4 Å². The van der Waals surface area contributed by atoms with E-state index in [1.807, 2.05) is 23.1 Å². The number of pyridine rings is 1. The number of rotatable bonds is 7. The Hall–Kier alpha value is -4.58. The molecule has 246 valence electrons. The molecule has 9 nitrogen and oxygen atoms in total. The van der Waals surface area contributed by atoms with Gasteiger partial charge in [0.25, 0.3) is 6.01 Å². The summed E-state index contributed by atoms with van der Waals surface area (Å²) < 4.78 is 52.9. The number of alkyl halides is 3. The SMILES string of the molecule is O=C(Cc1ccc(N2CCCN(C(=O)Oc3ccccc3Cl)CC2)nc1)c1oc(N2CCC(c3ccccc3)CC2)nc1C(F)(F)F. The molecule has 0 bridgehead atoms. The predicted molar refractivity (Wildman–Crippen MR) is 170 cm³/mol. The normalized spacial score (nSPS) is 16.2. The van der Waals surface area contributed by atoms with Gasteiger partial charge in [0.1, 0.15) is 5.82 Å². The number of hydrogen-bond acceptors (Lipinski definition) is 8. The maximum Gasteiger partial charge on any atom is 0.437 e. The van der Waals surface area contributed by atoms with Gasteiger partial charge >= 0.3 is 12.3 Å². The van der Waals surface area contributed by atoms with Gasteiger partial charge < -0.3 is 23.9 Å². The predicted octanol–water partition coefficient (Wildman–Crippen LogP) is 7.26. The molecule has 4 heterocycles. The van der Waals surface area contributed by atoms with Gasteiger partial charge in [-0.2, -0.15) is 18.2 Å². The van der Waals surface area contributed by atoms with Crippen molar-refractivity contribution < 1.29 is 31.9 Å². The topological polar surface area (TPSA) is 92.0 Å². The van der Waals surface area contributed by atoms with Crippen LogP contribution < -0.4 is 14.5 Å². The molecule has 0 unspecified atom stereocenters. The standard InChI is InChI=1S/C34H33ClF3N5O4/c35-26-9-4-5-10-28(26)46-33(45)43-16-6-15-41(19-20-43)29-12-11-23(22-39-29)21-27(44)30-31(34(36,37)38)40-32(47-30)42-17-13-25(14-18-42)24-7-2-1-3-8-24/h1-5,7-12,22,25H,6,13-21H2. The quantitative estimate of drug-likeness (QED) is 0.190. The zero-order valence-corrected chi connectivity index (χ0v) is 26.2. The Balaban J connectivity index is 1.07. The molecule has 0 N–H and O–H groups in total. The summed E-state index contributed by atoms with van der Waals surface area (Å²) in [5.41, 5.74) is 0.320. The minimum Gasteiger partial charge on any atom is -0.420 e. The van der Waals surface area contributed by atoms with Gasteiger partial charge in [0.2, 0.25) is 11.5 Å². The molecule has 0 aliphatic carbocycles. The number of para-hydroxylation sites is 1. The number of halogens is 4. The van der Waals surface area contributed by atoms with Crippen molar-refractivity contribution in [3.63, 3.8) is 0 Å². The van der Waals surface area contributed by atoms with Crippen molar-refractivity contribution in [1.29, 1.82) is 0 Å². The molecule has 0 radical (unpaired) electrons. The van der Waals surface area contributed by atoms with Gasteiger partial charge in [-0.05, 0) is 54.5 Å². The third kappa shape index (κ3) is 7.70. The highest BCUT2D eigenvalue weighted by Gasteiger charge is 2.42. The van der Waals surface area contributed by atoms with E-state index in [2.05, 4.69) is 22.1 Å². The number of carbonyl (C=O) groups is 2. The Morgan fingerprint density at radius 2 is 1.64 bits per heavy atom. The van der Waals surface area contributed by atoms with Crippen LogP contribution in [-0.2, 0) is 12.6 Å². The first-order valence-electron chi connectivity index (χ1n) is 15.5. The summed E-state index contributed by atoms with van der Waals surface area (Å²) in [6.07, 6.45) is -2.07. The molecular weight excluding hydrogens is 635 g/mol. The number of ether oxygens (including phenoxy) is 1. The fourth-order valence-electron chi connectivity index (χ4n) is 5.94. The van der Waals surface area contributed by atoms with E-state index < -0.39 is 29.5 Å². The maximum absolute atomic E-state index is 14.0. The molecule has 2 aliphatic rings. The summed E-state index contributed by atoms with van der Waals surface area (Å²) in [5, 5.41) is 0.345. The van der Waals surface area contributed by atoms with Crippen molar-refractivity contribution in [2.24, 2.45) is 0 Å². The number of benzene rings is 2. The van der Waals surface area contributed by atoms with E-state index >= 15 is 0 Å². The Bertz CT molecular complexity index is 1690. The van der Waals surface area contributed by atoms with Crippen LogP contribution in [0.2, 0.25) is 5.02 Å². The zero-order chi connectivity index (χ0) is 33.0. The van der Waals surface area contributed by atoms with E-state index in [1.165, 1.54) is 11.8 Å². The first-order valence-corrected chi connectivity index (χ1v) is 15.9. The molecule has 2 saturated heterocycles.